The molecular formula is C12H15ClN4O2. The topological polar surface area (TPSA) is 97.2 Å². The van der Waals surface area contributed by atoms with E-state index in [-0.39, 0.29) is 19.7 Å². The van der Waals surface area contributed by atoms with E-state index in [0.29, 0.717) is 16.4 Å². The molecule has 0 spiro atoms. The van der Waals surface area contributed by atoms with Gasteiger partial charge < -0.3 is 15.9 Å². The highest BCUT2D eigenvalue weighted by Crippen LogP contribution is 2.29. The third-order valence-electron chi connectivity index (χ3n) is 2.72. The molecule has 1 atom stereocenters. The van der Waals surface area contributed by atoms with E-state index in [9.17, 15) is 5.11 Å². The van der Waals surface area contributed by atoms with Crippen molar-refractivity contribution in [2.24, 2.45) is 5.73 Å². The lowest BCUT2D eigenvalue weighted by Gasteiger charge is -2.11. The van der Waals surface area contributed by atoms with Crippen LogP contribution in [0.25, 0.3) is 11.3 Å². The molecule has 7 heteroatoms. The Labute approximate surface area is 115 Å². The molecule has 19 heavy (non-hydrogen) atoms. The van der Waals surface area contributed by atoms with Gasteiger partial charge in [-0.05, 0) is 6.07 Å². The molecule has 0 saturated heterocycles. The number of aliphatic hydroxyl groups excluding tert-OH is 2. The van der Waals surface area contributed by atoms with Crippen molar-refractivity contribution in [3.8, 4) is 11.3 Å². The van der Waals surface area contributed by atoms with Crippen LogP contribution < -0.4 is 5.73 Å². The summed E-state index contributed by atoms with van der Waals surface area (Å²) in [5.74, 6) is 0. The number of rotatable bonds is 5. The second-order valence-electron chi connectivity index (χ2n) is 4.09. The van der Waals surface area contributed by atoms with E-state index in [1.54, 1.807) is 6.07 Å². The monoisotopic (exact) mass is 282 g/mol. The zero-order valence-electron chi connectivity index (χ0n) is 10.2. The van der Waals surface area contributed by atoms with Crippen LogP contribution in [0.3, 0.4) is 0 Å². The summed E-state index contributed by atoms with van der Waals surface area (Å²) < 4.78 is 1.50. The summed E-state index contributed by atoms with van der Waals surface area (Å²) in [5.41, 5.74) is 7.66. The number of hydrogen-bond donors (Lipinski definition) is 3. The zero-order chi connectivity index (χ0) is 13.8. The molecule has 1 heterocycles. The average molecular weight is 283 g/mol. The third kappa shape index (κ3) is 2.93. The van der Waals surface area contributed by atoms with Gasteiger partial charge in [-0.3, -0.25) is 0 Å². The zero-order valence-corrected chi connectivity index (χ0v) is 11.0. The first-order chi connectivity index (χ1) is 9.17. The van der Waals surface area contributed by atoms with E-state index in [1.807, 2.05) is 18.2 Å². The number of nitrogens with zero attached hydrogens (tertiary/aromatic N) is 3. The molecule has 0 saturated carbocycles. The molecule has 2 aromatic rings. The highest BCUT2D eigenvalue weighted by atomic mass is 35.5. The molecule has 0 fully saturated rings. The van der Waals surface area contributed by atoms with Crippen molar-refractivity contribution in [2.45, 2.75) is 19.2 Å². The molecule has 0 bridgehead atoms. The van der Waals surface area contributed by atoms with Crippen LogP contribution >= 0.6 is 11.6 Å². The van der Waals surface area contributed by atoms with Gasteiger partial charge in [-0.15, -0.1) is 5.10 Å². The molecule has 0 aliphatic rings. The number of hydrogen-bond acceptors (Lipinski definition) is 5. The fraction of sp³-hybridized carbons (Fsp3) is 0.333. The Morgan fingerprint density at radius 2 is 2.11 bits per heavy atom. The van der Waals surface area contributed by atoms with Gasteiger partial charge in [-0.1, -0.05) is 35.0 Å². The van der Waals surface area contributed by atoms with Crippen molar-refractivity contribution in [3.05, 3.63) is 35.0 Å². The highest BCUT2D eigenvalue weighted by molar-refractivity contribution is 6.33. The maximum Gasteiger partial charge on any atom is 0.104 e. The van der Waals surface area contributed by atoms with Gasteiger partial charge >= 0.3 is 0 Å². The van der Waals surface area contributed by atoms with Crippen molar-refractivity contribution < 1.29 is 10.2 Å². The lowest BCUT2D eigenvalue weighted by molar-refractivity contribution is 0.0782. The van der Waals surface area contributed by atoms with Crippen LogP contribution in [0, 0.1) is 0 Å². The Balaban J connectivity index is 2.48. The molecule has 0 aliphatic carbocycles. The van der Waals surface area contributed by atoms with Gasteiger partial charge in [0.25, 0.3) is 0 Å². The number of nitrogens with two attached hydrogens (primary N) is 1. The highest BCUT2D eigenvalue weighted by Gasteiger charge is 2.17. The van der Waals surface area contributed by atoms with E-state index in [4.69, 9.17) is 22.4 Å². The first-order valence-electron chi connectivity index (χ1n) is 5.83. The van der Waals surface area contributed by atoms with Crippen LogP contribution in [0.15, 0.2) is 24.3 Å². The minimum absolute atomic E-state index is 0.129. The average Bonchev–Trinajstić information content (AvgIpc) is 2.82. The Bertz CT molecular complexity index is 558. The summed E-state index contributed by atoms with van der Waals surface area (Å²) in [6.45, 7) is -0.000384. The number of halogens is 1. The smallest absolute Gasteiger partial charge is 0.104 e. The largest absolute Gasteiger partial charge is 0.394 e. The standard InChI is InChI=1S/C12H15ClN4O2/c13-10-4-2-1-3-9(10)12-11(5-14)15-16-17(12)6-8(19)7-18/h1-4,8,18-19H,5-7,14H2. The fourth-order valence-corrected chi connectivity index (χ4v) is 2.04. The lowest BCUT2D eigenvalue weighted by atomic mass is 10.1. The number of benzene rings is 1. The Kier molecular flexibility index (Phi) is 4.49. The molecule has 1 aromatic carbocycles. The van der Waals surface area contributed by atoms with Crippen LogP contribution in [-0.4, -0.2) is 37.9 Å². The van der Waals surface area contributed by atoms with Gasteiger partial charge in [0.2, 0.25) is 0 Å². The van der Waals surface area contributed by atoms with E-state index in [0.717, 1.165) is 5.56 Å². The number of aliphatic hydroxyl groups is 2. The molecule has 6 nitrogen and oxygen atoms in total. The second-order valence-corrected chi connectivity index (χ2v) is 4.49. The van der Waals surface area contributed by atoms with Gasteiger partial charge in [-0.25, -0.2) is 4.68 Å². The summed E-state index contributed by atoms with van der Waals surface area (Å²) in [7, 11) is 0. The third-order valence-corrected chi connectivity index (χ3v) is 3.05. The first-order valence-corrected chi connectivity index (χ1v) is 6.21. The Hall–Kier alpha value is -1.47. The van der Waals surface area contributed by atoms with E-state index in [1.165, 1.54) is 4.68 Å². The van der Waals surface area contributed by atoms with Gasteiger partial charge in [-0.2, -0.15) is 0 Å². The molecule has 0 amide bonds. The second kappa shape index (κ2) is 6.12. The van der Waals surface area contributed by atoms with Gasteiger partial charge in [0.05, 0.1) is 30.0 Å². The molecule has 0 radical (unpaired) electrons. The van der Waals surface area contributed by atoms with Gasteiger partial charge in [0.15, 0.2) is 0 Å². The van der Waals surface area contributed by atoms with Crippen LogP contribution in [0.1, 0.15) is 5.69 Å². The molecule has 102 valence electrons. The van der Waals surface area contributed by atoms with Crippen LogP contribution in [0.4, 0.5) is 0 Å². The number of aromatic nitrogens is 3. The quantitative estimate of drug-likeness (QED) is 0.738. The minimum Gasteiger partial charge on any atom is -0.394 e. The maximum absolute atomic E-state index is 9.53. The molecule has 0 aliphatic heterocycles. The summed E-state index contributed by atoms with van der Waals surface area (Å²) >= 11 is 6.17. The van der Waals surface area contributed by atoms with Gasteiger partial charge in [0, 0.05) is 12.1 Å². The van der Waals surface area contributed by atoms with E-state index in [2.05, 4.69) is 10.3 Å². The van der Waals surface area contributed by atoms with Crippen LogP contribution in [-0.2, 0) is 13.1 Å². The van der Waals surface area contributed by atoms with E-state index < -0.39 is 6.10 Å². The lowest BCUT2D eigenvalue weighted by Crippen LogP contribution is -2.21. The van der Waals surface area contributed by atoms with Crippen molar-refractivity contribution in [3.63, 3.8) is 0 Å². The molecule has 2 rings (SSSR count). The molecule has 1 unspecified atom stereocenters. The SMILES string of the molecule is NCc1nnn(CC(O)CO)c1-c1ccccc1Cl. The fourth-order valence-electron chi connectivity index (χ4n) is 1.82. The van der Waals surface area contributed by atoms with E-state index >= 15 is 0 Å². The molecule has 4 N–H and O–H groups in total. The predicted molar refractivity (Wildman–Crippen MR) is 71.5 cm³/mol. The predicted octanol–water partition coefficient (Wildman–Crippen LogP) is 0.410. The first kappa shape index (κ1) is 14.0. The molecular weight excluding hydrogens is 268 g/mol. The van der Waals surface area contributed by atoms with Crippen LogP contribution in [0.2, 0.25) is 5.02 Å². The summed E-state index contributed by atoms with van der Waals surface area (Å²) in [6.07, 6.45) is -0.909. The Morgan fingerprint density at radius 1 is 1.37 bits per heavy atom. The van der Waals surface area contributed by atoms with Crippen molar-refractivity contribution in [1.29, 1.82) is 0 Å². The van der Waals surface area contributed by atoms with Crippen molar-refractivity contribution >= 4 is 11.6 Å². The Morgan fingerprint density at radius 3 is 2.74 bits per heavy atom. The van der Waals surface area contributed by atoms with Crippen LogP contribution in [0.5, 0.6) is 0 Å². The van der Waals surface area contributed by atoms with Crippen molar-refractivity contribution in [2.75, 3.05) is 6.61 Å². The molecule has 1 aromatic heterocycles. The van der Waals surface area contributed by atoms with Crippen molar-refractivity contribution in [1.82, 2.24) is 15.0 Å². The maximum atomic E-state index is 9.53. The summed E-state index contributed by atoms with van der Waals surface area (Å²) in [6, 6.07) is 7.27. The minimum atomic E-state index is -0.909. The summed E-state index contributed by atoms with van der Waals surface area (Å²) in [5, 5.41) is 26.9. The van der Waals surface area contributed by atoms with Gasteiger partial charge in [0.1, 0.15) is 5.69 Å². The summed E-state index contributed by atoms with van der Waals surface area (Å²) in [4.78, 5) is 0. The normalized spacial score (nSPS) is 12.6.